The molecular formula is C18H19F2NO2. The largest absolute Gasteiger partial charge is 0.481 e. The fourth-order valence-corrected chi connectivity index (χ4v) is 2.09. The second-order valence-corrected chi connectivity index (χ2v) is 5.14. The van der Waals surface area contributed by atoms with Crippen LogP contribution in [-0.4, -0.2) is 18.6 Å². The van der Waals surface area contributed by atoms with Crippen molar-refractivity contribution in [3.8, 4) is 5.75 Å². The van der Waals surface area contributed by atoms with Crippen molar-refractivity contribution in [2.45, 2.75) is 25.9 Å². The molecule has 0 radical (unpaired) electrons. The number of hydrogen-bond acceptors (Lipinski definition) is 2. The maximum Gasteiger partial charge on any atom is 0.261 e. The minimum absolute atomic E-state index is 0.223. The molecule has 23 heavy (non-hydrogen) atoms. The number of hydrogen-bond donors (Lipinski definition) is 1. The van der Waals surface area contributed by atoms with Crippen molar-refractivity contribution in [1.29, 1.82) is 0 Å². The second kappa shape index (κ2) is 8.27. The van der Waals surface area contributed by atoms with Crippen LogP contribution in [0.15, 0.2) is 48.5 Å². The van der Waals surface area contributed by atoms with Crippen molar-refractivity contribution in [3.05, 3.63) is 65.7 Å². The highest BCUT2D eigenvalue weighted by Crippen LogP contribution is 2.14. The molecule has 2 rings (SSSR count). The zero-order valence-electron chi connectivity index (χ0n) is 12.9. The molecule has 1 atom stereocenters. The summed E-state index contributed by atoms with van der Waals surface area (Å²) in [5, 5.41) is 2.80. The molecule has 0 aliphatic rings. The number of rotatable bonds is 7. The first-order chi connectivity index (χ1) is 11.1. The Morgan fingerprint density at radius 3 is 2.17 bits per heavy atom. The lowest BCUT2D eigenvalue weighted by Gasteiger charge is -2.17. The van der Waals surface area contributed by atoms with Gasteiger partial charge in [-0.1, -0.05) is 19.1 Å². The molecule has 1 unspecified atom stereocenters. The van der Waals surface area contributed by atoms with Gasteiger partial charge in [-0.25, -0.2) is 8.78 Å². The topological polar surface area (TPSA) is 38.3 Å². The van der Waals surface area contributed by atoms with Crippen molar-refractivity contribution in [1.82, 2.24) is 5.32 Å². The molecule has 0 spiro atoms. The lowest BCUT2D eigenvalue weighted by molar-refractivity contribution is -0.128. The normalized spacial score (nSPS) is 11.8. The van der Waals surface area contributed by atoms with Gasteiger partial charge in [0.15, 0.2) is 6.10 Å². The van der Waals surface area contributed by atoms with Crippen LogP contribution in [0.25, 0.3) is 0 Å². The number of carbonyl (C=O) groups excluding carboxylic acids is 1. The Morgan fingerprint density at radius 2 is 1.61 bits per heavy atom. The summed E-state index contributed by atoms with van der Waals surface area (Å²) in [5.74, 6) is -0.406. The molecule has 0 aromatic heterocycles. The highest BCUT2D eigenvalue weighted by Gasteiger charge is 2.17. The standard InChI is InChI=1S/C18H19F2NO2/c1-2-17(23-16-9-7-15(20)8-10-16)18(22)21-12-11-13-3-5-14(19)6-4-13/h3-10,17H,2,11-12H2,1H3,(H,21,22). The van der Waals surface area contributed by atoms with Crippen LogP contribution in [0.4, 0.5) is 8.78 Å². The third kappa shape index (κ3) is 5.36. The molecule has 1 amide bonds. The minimum Gasteiger partial charge on any atom is -0.481 e. The molecule has 0 saturated carbocycles. The summed E-state index contributed by atoms with van der Waals surface area (Å²) >= 11 is 0. The predicted molar refractivity (Wildman–Crippen MR) is 84.2 cm³/mol. The molecule has 0 aliphatic carbocycles. The van der Waals surface area contributed by atoms with Crippen LogP contribution < -0.4 is 10.1 Å². The van der Waals surface area contributed by atoms with Gasteiger partial charge in [0.25, 0.3) is 5.91 Å². The van der Waals surface area contributed by atoms with Gasteiger partial charge in [0.1, 0.15) is 17.4 Å². The van der Waals surface area contributed by atoms with Crippen molar-refractivity contribution in [2.75, 3.05) is 6.54 Å². The minimum atomic E-state index is -0.631. The third-order valence-electron chi connectivity index (χ3n) is 3.38. The smallest absolute Gasteiger partial charge is 0.261 e. The molecule has 0 heterocycles. The molecule has 122 valence electrons. The van der Waals surface area contributed by atoms with Crippen molar-refractivity contribution in [2.24, 2.45) is 0 Å². The average molecular weight is 319 g/mol. The highest BCUT2D eigenvalue weighted by molar-refractivity contribution is 5.81. The summed E-state index contributed by atoms with van der Waals surface area (Å²) in [6.07, 6.45) is 0.479. The summed E-state index contributed by atoms with van der Waals surface area (Å²) in [5.41, 5.74) is 0.944. The third-order valence-corrected chi connectivity index (χ3v) is 3.38. The lowest BCUT2D eigenvalue weighted by Crippen LogP contribution is -2.38. The van der Waals surface area contributed by atoms with Gasteiger partial charge in [-0.2, -0.15) is 0 Å². The van der Waals surface area contributed by atoms with Crippen LogP contribution in [0.3, 0.4) is 0 Å². The Morgan fingerprint density at radius 1 is 1.04 bits per heavy atom. The van der Waals surface area contributed by atoms with Crippen LogP contribution in [0.1, 0.15) is 18.9 Å². The molecule has 2 aromatic carbocycles. The summed E-state index contributed by atoms with van der Waals surface area (Å²) in [6, 6.07) is 11.7. The van der Waals surface area contributed by atoms with E-state index < -0.39 is 6.10 Å². The maximum atomic E-state index is 12.9. The molecule has 3 nitrogen and oxygen atoms in total. The fraction of sp³-hybridized carbons (Fsp3) is 0.278. The molecule has 2 aromatic rings. The van der Waals surface area contributed by atoms with E-state index in [0.29, 0.717) is 25.1 Å². The fourth-order valence-electron chi connectivity index (χ4n) is 2.09. The van der Waals surface area contributed by atoms with Gasteiger partial charge in [0.2, 0.25) is 0 Å². The van der Waals surface area contributed by atoms with E-state index in [-0.39, 0.29) is 17.5 Å². The van der Waals surface area contributed by atoms with E-state index in [1.807, 2.05) is 6.92 Å². The average Bonchev–Trinajstić information content (AvgIpc) is 2.56. The van der Waals surface area contributed by atoms with Gasteiger partial charge in [-0.3, -0.25) is 4.79 Å². The molecule has 0 fully saturated rings. The maximum absolute atomic E-state index is 12.9. The predicted octanol–water partition coefficient (Wildman–Crippen LogP) is 3.48. The van der Waals surface area contributed by atoms with Crippen LogP contribution in [0.2, 0.25) is 0 Å². The van der Waals surface area contributed by atoms with E-state index >= 15 is 0 Å². The molecule has 0 saturated heterocycles. The molecule has 0 aliphatic heterocycles. The van der Waals surface area contributed by atoms with Crippen LogP contribution in [-0.2, 0) is 11.2 Å². The number of carbonyl (C=O) groups is 1. The molecular weight excluding hydrogens is 300 g/mol. The summed E-state index contributed by atoms with van der Waals surface area (Å²) in [6.45, 7) is 2.28. The highest BCUT2D eigenvalue weighted by atomic mass is 19.1. The van der Waals surface area contributed by atoms with Gasteiger partial charge in [-0.05, 0) is 54.8 Å². The van der Waals surface area contributed by atoms with E-state index in [2.05, 4.69) is 5.32 Å². The van der Waals surface area contributed by atoms with Gasteiger partial charge in [0.05, 0.1) is 0 Å². The molecule has 0 bridgehead atoms. The van der Waals surface area contributed by atoms with E-state index in [1.54, 1.807) is 12.1 Å². The lowest BCUT2D eigenvalue weighted by atomic mass is 10.1. The van der Waals surface area contributed by atoms with E-state index in [9.17, 15) is 13.6 Å². The second-order valence-electron chi connectivity index (χ2n) is 5.14. The van der Waals surface area contributed by atoms with Gasteiger partial charge >= 0.3 is 0 Å². The number of amides is 1. The van der Waals surface area contributed by atoms with Gasteiger partial charge in [-0.15, -0.1) is 0 Å². The zero-order chi connectivity index (χ0) is 16.7. The van der Waals surface area contributed by atoms with E-state index in [1.165, 1.54) is 36.4 Å². The summed E-state index contributed by atoms with van der Waals surface area (Å²) < 4.78 is 31.2. The Labute approximate surface area is 134 Å². The summed E-state index contributed by atoms with van der Waals surface area (Å²) in [4.78, 5) is 12.1. The van der Waals surface area contributed by atoms with E-state index in [4.69, 9.17) is 4.74 Å². The van der Waals surface area contributed by atoms with Gasteiger partial charge in [0, 0.05) is 6.54 Å². The van der Waals surface area contributed by atoms with Gasteiger partial charge < -0.3 is 10.1 Å². The number of nitrogens with one attached hydrogen (secondary N) is 1. The Kier molecular flexibility index (Phi) is 6.09. The quantitative estimate of drug-likeness (QED) is 0.848. The number of benzene rings is 2. The number of ether oxygens (including phenoxy) is 1. The van der Waals surface area contributed by atoms with E-state index in [0.717, 1.165) is 5.56 Å². The van der Waals surface area contributed by atoms with Crippen LogP contribution in [0, 0.1) is 11.6 Å². The van der Waals surface area contributed by atoms with Crippen molar-refractivity contribution in [3.63, 3.8) is 0 Å². The summed E-state index contributed by atoms with van der Waals surface area (Å²) in [7, 11) is 0. The first-order valence-corrected chi connectivity index (χ1v) is 7.53. The molecule has 1 N–H and O–H groups in total. The van der Waals surface area contributed by atoms with Crippen molar-refractivity contribution < 1.29 is 18.3 Å². The van der Waals surface area contributed by atoms with Crippen molar-refractivity contribution >= 4 is 5.91 Å². The number of halogens is 2. The Hall–Kier alpha value is -2.43. The first-order valence-electron chi connectivity index (χ1n) is 7.53. The SMILES string of the molecule is CCC(Oc1ccc(F)cc1)C(=O)NCCc1ccc(F)cc1. The monoisotopic (exact) mass is 319 g/mol. The van der Waals surface area contributed by atoms with Crippen LogP contribution in [0.5, 0.6) is 5.75 Å². The van der Waals surface area contributed by atoms with Crippen LogP contribution >= 0.6 is 0 Å². The Bertz CT molecular complexity index is 626. The zero-order valence-corrected chi connectivity index (χ0v) is 12.9. The first kappa shape index (κ1) is 16.9. The Balaban J connectivity index is 1.82. The molecule has 5 heteroatoms.